The molecular weight excluding hydrogens is 532 g/mol. The van der Waals surface area contributed by atoms with E-state index in [1.54, 1.807) is 17.9 Å². The monoisotopic (exact) mass is 576 g/mol. The van der Waals surface area contributed by atoms with Crippen molar-refractivity contribution in [2.45, 2.75) is 88.8 Å². The number of rotatable bonds is 8. The lowest BCUT2D eigenvalue weighted by atomic mass is 9.53. The van der Waals surface area contributed by atoms with E-state index in [9.17, 15) is 4.79 Å². The number of aryl methyl sites for hydroxylation is 1. The summed E-state index contributed by atoms with van der Waals surface area (Å²) in [6.07, 6.45) is 19.5. The highest BCUT2D eigenvalue weighted by atomic mass is 16.5. The van der Waals surface area contributed by atoms with Crippen molar-refractivity contribution in [2.24, 2.45) is 24.8 Å². The summed E-state index contributed by atoms with van der Waals surface area (Å²) < 4.78 is 7.38. The maximum Gasteiger partial charge on any atom is 0.275 e. The number of fused-ring (bicyclic) bond motifs is 1. The van der Waals surface area contributed by atoms with Crippen LogP contribution in [0.25, 0.3) is 0 Å². The standard InChI is InChI=1S/C37H44N4O2/c1-5-7-8-30-18-28-19-31(43-4)13-14-32(28)35(41(30)36(42)33-23-40(3)34(6-2)38-33)27-9-11-29(12-10-27)39-37-20-24-15-25(21-37)17-26(16-24)22-37/h2,9-14,19,23-26,30,35,39H,5,7-8,15-18,20-22H2,1,3-4H3/t24?,25?,26?,30-,35-,37?/m0/s1. The van der Waals surface area contributed by atoms with Gasteiger partial charge in [-0.05, 0) is 116 Å². The average molecular weight is 577 g/mol. The molecule has 3 aromatic rings. The first-order valence-electron chi connectivity index (χ1n) is 16.3. The van der Waals surface area contributed by atoms with E-state index < -0.39 is 0 Å². The zero-order valence-corrected chi connectivity index (χ0v) is 25.8. The summed E-state index contributed by atoms with van der Waals surface area (Å²) in [5.41, 5.74) is 5.36. The van der Waals surface area contributed by atoms with Gasteiger partial charge >= 0.3 is 0 Å². The summed E-state index contributed by atoms with van der Waals surface area (Å²) in [5.74, 6) is 6.55. The highest BCUT2D eigenvalue weighted by Crippen LogP contribution is 2.56. The lowest BCUT2D eigenvalue weighted by Gasteiger charge is -2.57. The number of benzene rings is 2. The van der Waals surface area contributed by atoms with Crippen molar-refractivity contribution in [3.63, 3.8) is 0 Å². The number of imidazole rings is 1. The van der Waals surface area contributed by atoms with Crippen LogP contribution in [-0.2, 0) is 13.5 Å². The van der Waals surface area contributed by atoms with E-state index in [1.165, 1.54) is 49.8 Å². The third kappa shape index (κ3) is 5.11. The molecule has 0 spiro atoms. The van der Waals surface area contributed by atoms with Gasteiger partial charge in [-0.3, -0.25) is 4.79 Å². The van der Waals surface area contributed by atoms with E-state index in [1.807, 2.05) is 13.1 Å². The number of amides is 1. The number of anilines is 1. The fourth-order valence-corrected chi connectivity index (χ4v) is 9.32. The number of nitrogens with zero attached hydrogens (tertiary/aromatic N) is 3. The van der Waals surface area contributed by atoms with Crippen molar-refractivity contribution in [3.05, 3.63) is 76.9 Å². The van der Waals surface area contributed by atoms with E-state index >= 15 is 0 Å². The summed E-state index contributed by atoms with van der Waals surface area (Å²) in [6.45, 7) is 2.21. The molecule has 1 aliphatic heterocycles. The van der Waals surface area contributed by atoms with Gasteiger partial charge in [0.2, 0.25) is 0 Å². The van der Waals surface area contributed by atoms with Gasteiger partial charge in [-0.15, -0.1) is 6.42 Å². The lowest BCUT2D eigenvalue weighted by Crippen LogP contribution is -2.54. The molecule has 4 aliphatic carbocycles. The molecule has 0 radical (unpaired) electrons. The van der Waals surface area contributed by atoms with Crippen LogP contribution < -0.4 is 10.1 Å². The summed E-state index contributed by atoms with van der Waals surface area (Å²) in [6, 6.07) is 15.1. The summed E-state index contributed by atoms with van der Waals surface area (Å²) in [5, 5.41) is 4.03. The van der Waals surface area contributed by atoms with Crippen LogP contribution in [0.15, 0.2) is 48.7 Å². The molecule has 4 saturated carbocycles. The second kappa shape index (κ2) is 11.1. The summed E-state index contributed by atoms with van der Waals surface area (Å²) in [7, 11) is 3.56. The maximum atomic E-state index is 14.4. The third-order valence-corrected chi connectivity index (χ3v) is 10.8. The largest absolute Gasteiger partial charge is 0.497 e. The SMILES string of the molecule is C#Cc1nc(C(=O)N2[C@@H](CCCC)Cc3cc(OC)ccc3[C@@H]2c2ccc(NC34CC5CC(CC(C5)C3)C4)cc2)cn1C. The van der Waals surface area contributed by atoms with Crippen molar-refractivity contribution in [1.82, 2.24) is 14.5 Å². The first kappa shape index (κ1) is 28.1. The van der Waals surface area contributed by atoms with Gasteiger partial charge in [0.25, 0.3) is 5.91 Å². The Morgan fingerprint density at radius 2 is 1.79 bits per heavy atom. The molecule has 0 saturated heterocycles. The number of carbonyl (C=O) groups excluding carboxylic acids is 1. The number of methoxy groups -OCH3 is 1. The van der Waals surface area contributed by atoms with Gasteiger partial charge in [-0.1, -0.05) is 38.0 Å². The minimum absolute atomic E-state index is 0.0400. The molecular formula is C37H44N4O2. The van der Waals surface area contributed by atoms with Gasteiger partial charge in [0.05, 0.1) is 13.2 Å². The number of terminal acetylenes is 1. The van der Waals surface area contributed by atoms with Crippen LogP contribution >= 0.6 is 0 Å². The zero-order valence-electron chi connectivity index (χ0n) is 25.8. The second-order valence-corrected chi connectivity index (χ2v) is 13.8. The van der Waals surface area contributed by atoms with Gasteiger partial charge < -0.3 is 19.5 Å². The fourth-order valence-electron chi connectivity index (χ4n) is 9.32. The van der Waals surface area contributed by atoms with Crippen LogP contribution in [0.1, 0.15) is 104 Å². The van der Waals surface area contributed by atoms with Gasteiger partial charge in [-0.2, -0.15) is 0 Å². The van der Waals surface area contributed by atoms with Crippen molar-refractivity contribution in [2.75, 3.05) is 12.4 Å². The fraction of sp³-hybridized carbons (Fsp3) is 0.514. The molecule has 1 aromatic heterocycles. The first-order chi connectivity index (χ1) is 20.9. The number of aromatic nitrogens is 2. The number of carbonyl (C=O) groups is 1. The van der Waals surface area contributed by atoms with Crippen molar-refractivity contribution < 1.29 is 9.53 Å². The molecule has 43 heavy (non-hydrogen) atoms. The van der Waals surface area contributed by atoms with Gasteiger partial charge in [-0.25, -0.2) is 4.98 Å². The van der Waals surface area contributed by atoms with Crippen molar-refractivity contribution in [1.29, 1.82) is 0 Å². The Morgan fingerprint density at radius 1 is 1.09 bits per heavy atom. The van der Waals surface area contributed by atoms with E-state index in [0.717, 1.165) is 60.3 Å². The number of unbranched alkanes of at least 4 members (excludes halogenated alkanes) is 1. The van der Waals surface area contributed by atoms with Crippen LogP contribution in [0.3, 0.4) is 0 Å². The number of ether oxygens (including phenoxy) is 1. The predicted molar refractivity (Wildman–Crippen MR) is 170 cm³/mol. The second-order valence-electron chi connectivity index (χ2n) is 13.8. The number of nitrogens with one attached hydrogen (secondary N) is 1. The van der Waals surface area contributed by atoms with Gasteiger partial charge in [0.15, 0.2) is 5.82 Å². The van der Waals surface area contributed by atoms with Crippen molar-refractivity contribution >= 4 is 11.6 Å². The number of hydrogen-bond donors (Lipinski definition) is 1. The van der Waals surface area contributed by atoms with Gasteiger partial charge in [0.1, 0.15) is 11.4 Å². The van der Waals surface area contributed by atoms with Crippen LogP contribution in [0.5, 0.6) is 5.75 Å². The first-order valence-corrected chi connectivity index (χ1v) is 16.3. The molecule has 4 bridgehead atoms. The Bertz CT molecular complexity index is 1510. The molecule has 1 amide bonds. The summed E-state index contributed by atoms with van der Waals surface area (Å²) in [4.78, 5) is 21.0. The smallest absolute Gasteiger partial charge is 0.275 e. The zero-order chi connectivity index (χ0) is 29.7. The van der Waals surface area contributed by atoms with Crippen LogP contribution in [0.2, 0.25) is 0 Å². The van der Waals surface area contributed by atoms with Crippen LogP contribution in [0.4, 0.5) is 5.69 Å². The van der Waals surface area contributed by atoms with Crippen LogP contribution in [-0.4, -0.2) is 39.0 Å². The molecule has 224 valence electrons. The van der Waals surface area contributed by atoms with E-state index in [4.69, 9.17) is 11.2 Å². The van der Waals surface area contributed by atoms with E-state index in [-0.39, 0.29) is 23.5 Å². The molecule has 6 nitrogen and oxygen atoms in total. The molecule has 6 heteroatoms. The topological polar surface area (TPSA) is 59.4 Å². The van der Waals surface area contributed by atoms with E-state index in [2.05, 4.69) is 64.4 Å². The third-order valence-electron chi connectivity index (χ3n) is 10.8. The molecule has 8 rings (SSSR count). The Morgan fingerprint density at radius 3 is 2.40 bits per heavy atom. The minimum Gasteiger partial charge on any atom is -0.497 e. The molecule has 0 unspecified atom stereocenters. The molecule has 5 aliphatic rings. The predicted octanol–water partition coefficient (Wildman–Crippen LogP) is 7.14. The maximum absolute atomic E-state index is 14.4. The summed E-state index contributed by atoms with van der Waals surface area (Å²) >= 11 is 0. The Balaban J connectivity index is 1.25. The number of hydrogen-bond acceptors (Lipinski definition) is 4. The quantitative estimate of drug-likeness (QED) is 0.290. The Hall–Kier alpha value is -3.72. The van der Waals surface area contributed by atoms with E-state index in [0.29, 0.717) is 11.5 Å². The molecule has 2 aromatic carbocycles. The molecule has 2 heterocycles. The normalized spacial score (nSPS) is 28.8. The van der Waals surface area contributed by atoms with Gasteiger partial charge in [0, 0.05) is 30.5 Å². The molecule has 1 N–H and O–H groups in total. The highest BCUT2D eigenvalue weighted by Gasteiger charge is 2.51. The Kier molecular flexibility index (Phi) is 7.24. The van der Waals surface area contributed by atoms with Crippen LogP contribution in [0, 0.1) is 30.1 Å². The highest BCUT2D eigenvalue weighted by molar-refractivity contribution is 5.93. The Labute approximate surface area is 256 Å². The van der Waals surface area contributed by atoms with Crippen molar-refractivity contribution in [3.8, 4) is 18.1 Å². The lowest BCUT2D eigenvalue weighted by molar-refractivity contribution is 0.0107. The molecule has 2 atom stereocenters. The minimum atomic E-state index is -0.228. The average Bonchev–Trinajstić information content (AvgIpc) is 3.38. The molecule has 4 fully saturated rings.